The molecule has 0 saturated carbocycles. The summed E-state index contributed by atoms with van der Waals surface area (Å²) in [5, 5.41) is 19.2. The number of aromatic carboxylic acids is 1. The van der Waals surface area contributed by atoms with Crippen LogP contribution < -0.4 is 4.90 Å². The Hall–Kier alpha value is -4.08. The number of benzene rings is 2. The monoisotopic (exact) mass is 463 g/mol. The van der Waals surface area contributed by atoms with Gasteiger partial charge in [0.05, 0.1) is 29.3 Å². The third kappa shape index (κ3) is 3.91. The fourth-order valence-electron chi connectivity index (χ4n) is 4.34. The molecule has 0 spiro atoms. The van der Waals surface area contributed by atoms with Gasteiger partial charge < -0.3 is 14.7 Å². The van der Waals surface area contributed by atoms with Crippen LogP contribution in [0.15, 0.2) is 42.5 Å². The largest absolute Gasteiger partial charge is 0.478 e. The molecule has 0 unspecified atom stereocenters. The number of anilines is 1. The fourth-order valence-corrected chi connectivity index (χ4v) is 4.34. The summed E-state index contributed by atoms with van der Waals surface area (Å²) in [5.74, 6) is -1.35. The van der Waals surface area contributed by atoms with Crippen LogP contribution in [0.5, 0.6) is 0 Å². The zero-order chi connectivity index (χ0) is 23.8. The lowest BCUT2D eigenvalue weighted by Gasteiger charge is -2.32. The molecule has 1 fully saturated rings. The molecule has 0 aliphatic carbocycles. The second-order valence-electron chi connectivity index (χ2n) is 8.14. The Kier molecular flexibility index (Phi) is 5.56. The second-order valence-corrected chi connectivity index (χ2v) is 8.14. The molecule has 1 saturated heterocycles. The molecule has 4 aromatic rings. The van der Waals surface area contributed by atoms with E-state index in [1.165, 1.54) is 23.0 Å². The molecule has 2 aromatic heterocycles. The number of aromatic nitrogens is 4. The van der Waals surface area contributed by atoms with Gasteiger partial charge in [0.15, 0.2) is 0 Å². The van der Waals surface area contributed by atoms with E-state index >= 15 is 0 Å². The van der Waals surface area contributed by atoms with Gasteiger partial charge >= 0.3 is 11.9 Å². The quantitative estimate of drug-likeness (QED) is 0.447. The molecule has 2 aromatic carbocycles. The van der Waals surface area contributed by atoms with Crippen molar-refractivity contribution in [1.82, 2.24) is 20.0 Å². The Bertz CT molecular complexity index is 1410. The molecule has 1 aliphatic heterocycles. The number of nitrogens with zero attached hydrogens (tertiary/aromatic N) is 5. The molecule has 174 valence electrons. The summed E-state index contributed by atoms with van der Waals surface area (Å²) < 4.78 is 18.8. The standard InChI is InChI=1S/C24H22FN5O4/c1-2-34-24(33)14-8-10-29(11-9-14)20-13-17(23(31)32)21-18(26-20)6-7-19-22(21)28-30(27-19)16-5-3-4-15(25)12-16/h3-7,12-14H,2,8-11H2,1H3,(H,31,32). The average molecular weight is 463 g/mol. The van der Waals surface area contributed by atoms with Crippen molar-refractivity contribution in [3.63, 3.8) is 0 Å². The number of rotatable bonds is 5. The smallest absolute Gasteiger partial charge is 0.336 e. The van der Waals surface area contributed by atoms with Gasteiger partial charge in [0.1, 0.15) is 22.7 Å². The van der Waals surface area contributed by atoms with Crippen LogP contribution in [0.3, 0.4) is 0 Å². The number of esters is 1. The van der Waals surface area contributed by atoms with Crippen molar-refractivity contribution >= 4 is 39.7 Å². The summed E-state index contributed by atoms with van der Waals surface area (Å²) in [5.41, 5.74) is 1.81. The highest BCUT2D eigenvalue weighted by molar-refractivity contribution is 6.13. The van der Waals surface area contributed by atoms with Gasteiger partial charge in [-0.05, 0) is 50.1 Å². The van der Waals surface area contributed by atoms with Crippen LogP contribution in [-0.2, 0) is 9.53 Å². The lowest BCUT2D eigenvalue weighted by molar-refractivity contribution is -0.148. The van der Waals surface area contributed by atoms with E-state index in [1.807, 2.05) is 4.90 Å². The predicted molar refractivity (Wildman–Crippen MR) is 123 cm³/mol. The maximum atomic E-state index is 13.7. The summed E-state index contributed by atoms with van der Waals surface area (Å²) >= 11 is 0. The first-order valence-electron chi connectivity index (χ1n) is 11.1. The number of halogens is 1. The first-order valence-corrected chi connectivity index (χ1v) is 11.1. The third-order valence-corrected chi connectivity index (χ3v) is 6.02. The molecular formula is C24H22FN5O4. The van der Waals surface area contributed by atoms with E-state index in [-0.39, 0.29) is 17.5 Å². The number of fused-ring (bicyclic) bond motifs is 3. The van der Waals surface area contributed by atoms with Crippen LogP contribution in [-0.4, -0.2) is 56.7 Å². The molecule has 3 heterocycles. The van der Waals surface area contributed by atoms with E-state index in [2.05, 4.69) is 10.2 Å². The van der Waals surface area contributed by atoms with E-state index in [4.69, 9.17) is 9.72 Å². The molecule has 5 rings (SSSR count). The van der Waals surface area contributed by atoms with E-state index in [1.54, 1.807) is 31.2 Å². The van der Waals surface area contributed by atoms with Crippen molar-refractivity contribution in [1.29, 1.82) is 0 Å². The number of carboxylic acid groups (broad SMARTS) is 1. The molecule has 9 nitrogen and oxygen atoms in total. The highest BCUT2D eigenvalue weighted by Gasteiger charge is 2.28. The number of carbonyl (C=O) groups excluding carboxylic acids is 1. The van der Waals surface area contributed by atoms with Gasteiger partial charge in [-0.2, -0.15) is 4.80 Å². The number of carbonyl (C=O) groups is 2. The summed E-state index contributed by atoms with van der Waals surface area (Å²) in [4.78, 5) is 32.2. The molecule has 0 amide bonds. The zero-order valence-corrected chi connectivity index (χ0v) is 18.4. The summed E-state index contributed by atoms with van der Waals surface area (Å²) in [6.07, 6.45) is 1.23. The van der Waals surface area contributed by atoms with Crippen molar-refractivity contribution in [2.75, 3.05) is 24.6 Å². The summed E-state index contributed by atoms with van der Waals surface area (Å²) in [6, 6.07) is 10.8. The van der Waals surface area contributed by atoms with E-state index in [0.717, 1.165) is 0 Å². The van der Waals surface area contributed by atoms with Gasteiger partial charge in [-0.15, -0.1) is 10.2 Å². The van der Waals surface area contributed by atoms with E-state index < -0.39 is 11.8 Å². The maximum Gasteiger partial charge on any atom is 0.336 e. The van der Waals surface area contributed by atoms with Crippen molar-refractivity contribution in [2.24, 2.45) is 5.92 Å². The van der Waals surface area contributed by atoms with Crippen molar-refractivity contribution in [3.8, 4) is 5.69 Å². The molecule has 34 heavy (non-hydrogen) atoms. The molecule has 1 aliphatic rings. The van der Waals surface area contributed by atoms with Crippen LogP contribution in [0.1, 0.15) is 30.1 Å². The number of hydrogen-bond donors (Lipinski definition) is 1. The SMILES string of the molecule is CCOC(=O)C1CCN(c2cc(C(=O)O)c3c(ccc4nn(-c5cccc(F)c5)nc43)n2)CC1. The van der Waals surface area contributed by atoms with Crippen LogP contribution in [0.25, 0.3) is 27.6 Å². The second kappa shape index (κ2) is 8.69. The number of ether oxygens (including phenoxy) is 1. The van der Waals surface area contributed by atoms with E-state index in [0.29, 0.717) is 66.0 Å². The predicted octanol–water partition coefficient (Wildman–Crippen LogP) is 3.59. The Morgan fingerprint density at radius 3 is 2.59 bits per heavy atom. The number of hydrogen-bond acceptors (Lipinski definition) is 7. The molecule has 0 atom stereocenters. The first-order chi connectivity index (χ1) is 16.4. The van der Waals surface area contributed by atoms with Crippen LogP contribution in [0.4, 0.5) is 10.2 Å². The molecular weight excluding hydrogens is 441 g/mol. The zero-order valence-electron chi connectivity index (χ0n) is 18.4. The highest BCUT2D eigenvalue weighted by atomic mass is 19.1. The van der Waals surface area contributed by atoms with Crippen molar-refractivity contribution in [2.45, 2.75) is 19.8 Å². The Balaban J connectivity index is 1.54. The minimum Gasteiger partial charge on any atom is -0.478 e. The normalized spacial score (nSPS) is 14.6. The summed E-state index contributed by atoms with van der Waals surface area (Å²) in [6.45, 7) is 3.27. The molecule has 0 bridgehead atoms. The van der Waals surface area contributed by atoms with Gasteiger partial charge in [-0.3, -0.25) is 4.79 Å². The lowest BCUT2D eigenvalue weighted by Crippen LogP contribution is -2.37. The Labute approximate surface area is 193 Å². The first kappa shape index (κ1) is 21.7. The number of piperidine rings is 1. The number of pyridine rings is 1. The molecule has 0 radical (unpaired) electrons. The molecule has 10 heteroatoms. The maximum absolute atomic E-state index is 13.7. The van der Waals surface area contributed by atoms with Gasteiger partial charge in [0.25, 0.3) is 0 Å². The Morgan fingerprint density at radius 2 is 1.88 bits per heavy atom. The van der Waals surface area contributed by atoms with Crippen LogP contribution in [0.2, 0.25) is 0 Å². The van der Waals surface area contributed by atoms with Crippen LogP contribution >= 0.6 is 0 Å². The summed E-state index contributed by atoms with van der Waals surface area (Å²) in [7, 11) is 0. The van der Waals surface area contributed by atoms with Crippen molar-refractivity contribution in [3.05, 3.63) is 53.8 Å². The minimum absolute atomic E-state index is 0.0596. The van der Waals surface area contributed by atoms with Crippen LogP contribution in [0, 0.1) is 11.7 Å². The van der Waals surface area contributed by atoms with Gasteiger partial charge in [-0.1, -0.05) is 6.07 Å². The van der Waals surface area contributed by atoms with Gasteiger partial charge in [0, 0.05) is 24.5 Å². The fraction of sp³-hybridized carbons (Fsp3) is 0.292. The minimum atomic E-state index is -1.11. The Morgan fingerprint density at radius 1 is 1.12 bits per heavy atom. The molecule has 1 N–H and O–H groups in total. The topological polar surface area (TPSA) is 110 Å². The number of carboxylic acids is 1. The third-order valence-electron chi connectivity index (χ3n) is 6.02. The van der Waals surface area contributed by atoms with Gasteiger partial charge in [0.2, 0.25) is 0 Å². The average Bonchev–Trinajstić information content (AvgIpc) is 3.28. The van der Waals surface area contributed by atoms with Crippen molar-refractivity contribution < 1.29 is 23.8 Å². The lowest BCUT2D eigenvalue weighted by atomic mass is 9.97. The highest BCUT2D eigenvalue weighted by Crippen LogP contribution is 2.31. The van der Waals surface area contributed by atoms with Gasteiger partial charge in [-0.25, -0.2) is 14.2 Å². The van der Waals surface area contributed by atoms with E-state index in [9.17, 15) is 19.1 Å².